The van der Waals surface area contributed by atoms with Crippen LogP contribution in [0.2, 0.25) is 0 Å². The number of rotatable bonds is 4. The molecule has 0 atom stereocenters. The van der Waals surface area contributed by atoms with Crippen molar-refractivity contribution >= 4 is 0 Å². The molecule has 0 saturated carbocycles. The standard InChI is InChI=1S/C15H18N2O2/c1-15(2)8-12-7-11(3-4-14(12)18-15)9-16-10-13-5-6-17-19-13/h3-7,16H,8-10H2,1-2H3. The molecule has 4 heteroatoms. The summed E-state index contributed by atoms with van der Waals surface area (Å²) in [6.45, 7) is 5.75. The van der Waals surface area contributed by atoms with Crippen LogP contribution >= 0.6 is 0 Å². The van der Waals surface area contributed by atoms with Gasteiger partial charge in [-0.2, -0.15) is 0 Å². The van der Waals surface area contributed by atoms with Crippen LogP contribution in [0.15, 0.2) is 35.0 Å². The average Bonchev–Trinajstić information content (AvgIpc) is 2.94. The molecule has 0 aliphatic carbocycles. The van der Waals surface area contributed by atoms with Gasteiger partial charge in [0.05, 0.1) is 12.7 Å². The molecule has 3 rings (SSSR count). The fourth-order valence-electron chi connectivity index (χ4n) is 2.44. The fraction of sp³-hybridized carbons (Fsp3) is 0.400. The molecular formula is C15H18N2O2. The van der Waals surface area contributed by atoms with E-state index >= 15 is 0 Å². The zero-order valence-corrected chi connectivity index (χ0v) is 11.3. The zero-order valence-electron chi connectivity index (χ0n) is 11.3. The lowest BCUT2D eigenvalue weighted by Gasteiger charge is -2.16. The molecule has 1 aliphatic heterocycles. The Kier molecular flexibility index (Phi) is 3.03. The first-order valence-corrected chi connectivity index (χ1v) is 6.53. The molecule has 2 aromatic rings. The molecule has 1 aromatic heterocycles. The second-order valence-electron chi connectivity index (χ2n) is 5.56. The molecule has 0 unspecified atom stereocenters. The summed E-state index contributed by atoms with van der Waals surface area (Å²) in [5, 5.41) is 7.02. The Morgan fingerprint density at radius 2 is 2.16 bits per heavy atom. The first-order chi connectivity index (χ1) is 9.12. The van der Waals surface area contributed by atoms with E-state index in [9.17, 15) is 0 Å². The topological polar surface area (TPSA) is 47.3 Å². The normalized spacial score (nSPS) is 16.1. The summed E-state index contributed by atoms with van der Waals surface area (Å²) in [7, 11) is 0. The van der Waals surface area contributed by atoms with Crippen LogP contribution in [0, 0.1) is 0 Å². The molecule has 0 radical (unpaired) electrons. The van der Waals surface area contributed by atoms with Crippen molar-refractivity contribution in [2.45, 2.75) is 39.0 Å². The minimum absolute atomic E-state index is 0.0752. The number of hydrogen-bond acceptors (Lipinski definition) is 4. The number of nitrogens with zero attached hydrogens (tertiary/aromatic N) is 1. The Bertz CT molecular complexity index is 562. The van der Waals surface area contributed by atoms with E-state index in [2.05, 4.69) is 42.5 Å². The van der Waals surface area contributed by atoms with Crippen LogP contribution in [0.3, 0.4) is 0 Å². The highest BCUT2D eigenvalue weighted by Gasteiger charge is 2.29. The Morgan fingerprint density at radius 1 is 1.26 bits per heavy atom. The molecule has 0 fully saturated rings. The van der Waals surface area contributed by atoms with Gasteiger partial charge in [-0.3, -0.25) is 0 Å². The summed E-state index contributed by atoms with van der Waals surface area (Å²) >= 11 is 0. The second kappa shape index (κ2) is 4.70. The van der Waals surface area contributed by atoms with Crippen LogP contribution < -0.4 is 10.1 Å². The van der Waals surface area contributed by atoms with Crippen molar-refractivity contribution in [1.82, 2.24) is 10.5 Å². The number of fused-ring (bicyclic) bond motifs is 1. The Hall–Kier alpha value is -1.81. The Morgan fingerprint density at radius 3 is 2.95 bits per heavy atom. The van der Waals surface area contributed by atoms with E-state index in [4.69, 9.17) is 9.26 Å². The first kappa shape index (κ1) is 12.2. The van der Waals surface area contributed by atoms with Crippen molar-refractivity contribution in [2.75, 3.05) is 0 Å². The minimum Gasteiger partial charge on any atom is -0.487 e. The van der Waals surface area contributed by atoms with Gasteiger partial charge in [-0.15, -0.1) is 0 Å². The van der Waals surface area contributed by atoms with Crippen LogP contribution in [0.1, 0.15) is 30.7 Å². The highest BCUT2D eigenvalue weighted by molar-refractivity contribution is 5.41. The molecule has 1 N–H and O–H groups in total. The van der Waals surface area contributed by atoms with Crippen molar-refractivity contribution in [3.05, 3.63) is 47.3 Å². The SMILES string of the molecule is CC1(C)Cc2cc(CNCc3ccno3)ccc2O1. The number of ether oxygens (including phenoxy) is 1. The smallest absolute Gasteiger partial charge is 0.150 e. The molecular weight excluding hydrogens is 240 g/mol. The maximum absolute atomic E-state index is 5.87. The van der Waals surface area contributed by atoms with Crippen LogP contribution in [-0.4, -0.2) is 10.8 Å². The third kappa shape index (κ3) is 2.79. The van der Waals surface area contributed by atoms with Gasteiger partial charge in [0.25, 0.3) is 0 Å². The zero-order chi connectivity index (χ0) is 13.3. The summed E-state index contributed by atoms with van der Waals surface area (Å²) in [6, 6.07) is 8.26. The summed E-state index contributed by atoms with van der Waals surface area (Å²) in [6.07, 6.45) is 2.63. The summed E-state index contributed by atoms with van der Waals surface area (Å²) < 4.78 is 10.9. The van der Waals surface area contributed by atoms with Gasteiger partial charge < -0.3 is 14.6 Å². The van der Waals surface area contributed by atoms with E-state index in [1.54, 1.807) is 6.20 Å². The molecule has 2 heterocycles. The molecule has 19 heavy (non-hydrogen) atoms. The number of aromatic nitrogens is 1. The van der Waals surface area contributed by atoms with Crippen LogP contribution in [-0.2, 0) is 19.5 Å². The van der Waals surface area contributed by atoms with Gasteiger partial charge in [-0.1, -0.05) is 17.3 Å². The number of hydrogen-bond donors (Lipinski definition) is 1. The molecule has 1 aromatic carbocycles. The molecule has 1 aliphatic rings. The maximum atomic E-state index is 5.87. The summed E-state index contributed by atoms with van der Waals surface area (Å²) in [5.41, 5.74) is 2.48. The van der Waals surface area contributed by atoms with Gasteiger partial charge in [-0.05, 0) is 31.0 Å². The fourth-order valence-corrected chi connectivity index (χ4v) is 2.44. The molecule has 4 nitrogen and oxygen atoms in total. The van der Waals surface area contributed by atoms with Gasteiger partial charge in [0.15, 0.2) is 0 Å². The van der Waals surface area contributed by atoms with Crippen molar-refractivity contribution < 1.29 is 9.26 Å². The van der Waals surface area contributed by atoms with E-state index < -0.39 is 0 Å². The molecule has 0 spiro atoms. The predicted octanol–water partition coefficient (Wildman–Crippen LogP) is 2.68. The summed E-state index contributed by atoms with van der Waals surface area (Å²) in [5.74, 6) is 1.87. The summed E-state index contributed by atoms with van der Waals surface area (Å²) in [4.78, 5) is 0. The van der Waals surface area contributed by atoms with Gasteiger partial charge in [-0.25, -0.2) is 0 Å². The van der Waals surface area contributed by atoms with Crippen LogP contribution in [0.4, 0.5) is 0 Å². The van der Waals surface area contributed by atoms with Gasteiger partial charge in [0, 0.05) is 19.0 Å². The molecule has 0 amide bonds. The van der Waals surface area contributed by atoms with Crippen molar-refractivity contribution in [3.63, 3.8) is 0 Å². The molecule has 100 valence electrons. The number of benzene rings is 1. The Balaban J connectivity index is 1.61. The van der Waals surface area contributed by atoms with Gasteiger partial charge >= 0.3 is 0 Å². The second-order valence-corrected chi connectivity index (χ2v) is 5.56. The highest BCUT2D eigenvalue weighted by atomic mass is 16.5. The quantitative estimate of drug-likeness (QED) is 0.916. The van der Waals surface area contributed by atoms with E-state index in [0.29, 0.717) is 6.54 Å². The van der Waals surface area contributed by atoms with Crippen LogP contribution in [0.5, 0.6) is 5.75 Å². The average molecular weight is 258 g/mol. The van der Waals surface area contributed by atoms with E-state index in [1.807, 2.05) is 6.07 Å². The molecule has 0 saturated heterocycles. The van der Waals surface area contributed by atoms with E-state index in [-0.39, 0.29) is 5.60 Å². The lowest BCUT2D eigenvalue weighted by molar-refractivity contribution is 0.138. The highest BCUT2D eigenvalue weighted by Crippen LogP contribution is 2.35. The largest absolute Gasteiger partial charge is 0.487 e. The monoisotopic (exact) mass is 258 g/mol. The van der Waals surface area contributed by atoms with Crippen molar-refractivity contribution in [3.8, 4) is 5.75 Å². The van der Waals surface area contributed by atoms with Crippen LogP contribution in [0.25, 0.3) is 0 Å². The third-order valence-electron chi connectivity index (χ3n) is 3.25. The first-order valence-electron chi connectivity index (χ1n) is 6.53. The molecule has 0 bridgehead atoms. The van der Waals surface area contributed by atoms with E-state index in [0.717, 1.165) is 24.5 Å². The van der Waals surface area contributed by atoms with E-state index in [1.165, 1.54) is 11.1 Å². The maximum Gasteiger partial charge on any atom is 0.150 e. The lowest BCUT2D eigenvalue weighted by Crippen LogP contribution is -2.24. The third-order valence-corrected chi connectivity index (χ3v) is 3.25. The van der Waals surface area contributed by atoms with Crippen molar-refractivity contribution in [1.29, 1.82) is 0 Å². The lowest BCUT2D eigenvalue weighted by atomic mass is 10.0. The van der Waals surface area contributed by atoms with Gasteiger partial charge in [0.1, 0.15) is 17.1 Å². The minimum atomic E-state index is -0.0752. The Labute approximate surface area is 112 Å². The number of nitrogens with one attached hydrogen (secondary N) is 1. The predicted molar refractivity (Wildman–Crippen MR) is 71.9 cm³/mol. The van der Waals surface area contributed by atoms with Crippen molar-refractivity contribution in [2.24, 2.45) is 0 Å². The van der Waals surface area contributed by atoms with Gasteiger partial charge in [0.2, 0.25) is 0 Å².